The number of pyridine rings is 1. The Morgan fingerprint density at radius 3 is 2.40 bits per heavy atom. The van der Waals surface area contributed by atoms with Crippen LogP contribution < -0.4 is 14.8 Å². The van der Waals surface area contributed by atoms with Crippen LogP contribution >= 0.6 is 11.6 Å². The highest BCUT2D eigenvalue weighted by molar-refractivity contribution is 6.33. The standard InChI is InChI=1S/C23H23ClN6/c1-16-15-21(29-13-11-28(12-14-29)20-9-5-6-10-25-20)30-23(26-16)22(17(2)27-30)18-7-3-4-8-19(18)24/h3-10,15H,11-14H2,1-2H3/p+1. The zero-order valence-electron chi connectivity index (χ0n) is 17.1. The monoisotopic (exact) mass is 419 g/mol. The van der Waals surface area contributed by atoms with Crippen LogP contribution in [0.25, 0.3) is 16.8 Å². The second-order valence-corrected chi connectivity index (χ2v) is 8.06. The van der Waals surface area contributed by atoms with Gasteiger partial charge in [0, 0.05) is 28.4 Å². The second kappa shape index (κ2) is 7.61. The van der Waals surface area contributed by atoms with Crippen molar-refractivity contribution in [3.63, 3.8) is 0 Å². The van der Waals surface area contributed by atoms with Gasteiger partial charge in [-0.15, -0.1) is 0 Å². The Kier molecular flexibility index (Phi) is 4.79. The van der Waals surface area contributed by atoms with Crippen molar-refractivity contribution in [2.45, 2.75) is 13.8 Å². The maximum absolute atomic E-state index is 6.51. The highest BCUT2D eigenvalue weighted by Gasteiger charge is 2.26. The zero-order valence-corrected chi connectivity index (χ0v) is 17.9. The minimum atomic E-state index is 0.716. The SMILES string of the molecule is Cc1cc(N2CCN(c3cccc[nH+]3)CC2)n2nc(C)c(-c3ccccc3Cl)c2n1. The summed E-state index contributed by atoms with van der Waals surface area (Å²) in [6, 6.07) is 16.2. The lowest BCUT2D eigenvalue weighted by molar-refractivity contribution is -0.364. The van der Waals surface area contributed by atoms with Crippen LogP contribution in [-0.2, 0) is 0 Å². The third kappa shape index (κ3) is 3.27. The molecule has 1 N–H and O–H groups in total. The molecule has 1 aliphatic heterocycles. The minimum absolute atomic E-state index is 0.716. The number of H-pyrrole nitrogens is 1. The third-order valence-electron chi connectivity index (χ3n) is 5.65. The van der Waals surface area contributed by atoms with Crippen LogP contribution in [0.2, 0.25) is 5.02 Å². The fourth-order valence-corrected chi connectivity index (χ4v) is 4.42. The Balaban J connectivity index is 1.52. The molecule has 6 nitrogen and oxygen atoms in total. The Hall–Kier alpha value is -3.12. The fraction of sp³-hybridized carbons (Fsp3) is 0.261. The van der Waals surface area contributed by atoms with Crippen LogP contribution in [0, 0.1) is 13.8 Å². The van der Waals surface area contributed by atoms with Crippen LogP contribution in [-0.4, -0.2) is 40.8 Å². The van der Waals surface area contributed by atoms with Gasteiger partial charge in [0.1, 0.15) is 18.9 Å². The van der Waals surface area contributed by atoms with Crippen molar-refractivity contribution in [1.29, 1.82) is 0 Å². The molecule has 30 heavy (non-hydrogen) atoms. The topological polar surface area (TPSA) is 50.8 Å². The summed E-state index contributed by atoms with van der Waals surface area (Å²) >= 11 is 6.51. The normalized spacial score (nSPS) is 14.5. The van der Waals surface area contributed by atoms with E-state index in [2.05, 4.69) is 33.0 Å². The molecule has 0 radical (unpaired) electrons. The smallest absolute Gasteiger partial charge is 0.274 e. The predicted octanol–water partition coefficient (Wildman–Crippen LogP) is 3.81. The zero-order chi connectivity index (χ0) is 20.7. The number of nitrogens with zero attached hydrogens (tertiary/aromatic N) is 5. The van der Waals surface area contributed by atoms with E-state index in [1.165, 1.54) is 0 Å². The van der Waals surface area contributed by atoms with Gasteiger partial charge in [-0.25, -0.2) is 9.97 Å². The lowest BCUT2D eigenvalue weighted by atomic mass is 10.1. The molecule has 152 valence electrons. The lowest BCUT2D eigenvalue weighted by Crippen LogP contribution is -2.48. The van der Waals surface area contributed by atoms with Crippen molar-refractivity contribution in [2.24, 2.45) is 0 Å². The average Bonchev–Trinajstić information content (AvgIpc) is 3.10. The number of anilines is 2. The maximum Gasteiger partial charge on any atom is 0.274 e. The largest absolute Gasteiger partial charge is 0.349 e. The van der Waals surface area contributed by atoms with E-state index in [0.717, 1.165) is 66.0 Å². The number of nitrogens with one attached hydrogen (secondary N) is 1. The van der Waals surface area contributed by atoms with Crippen LogP contribution in [0.4, 0.5) is 11.6 Å². The first-order valence-corrected chi connectivity index (χ1v) is 10.6. The molecule has 0 amide bonds. The number of rotatable bonds is 3. The van der Waals surface area contributed by atoms with Crippen molar-refractivity contribution >= 4 is 28.9 Å². The van der Waals surface area contributed by atoms with Gasteiger partial charge in [-0.2, -0.15) is 9.61 Å². The fourth-order valence-electron chi connectivity index (χ4n) is 4.19. The summed E-state index contributed by atoms with van der Waals surface area (Å²) in [4.78, 5) is 12.9. The number of hydrogen-bond acceptors (Lipinski definition) is 4. The summed E-state index contributed by atoms with van der Waals surface area (Å²) in [5.41, 5.74) is 4.74. The summed E-state index contributed by atoms with van der Waals surface area (Å²) in [5, 5.41) is 5.57. The molecule has 4 aromatic rings. The lowest BCUT2D eigenvalue weighted by Gasteiger charge is -2.32. The molecule has 3 aromatic heterocycles. The van der Waals surface area contributed by atoms with Gasteiger partial charge in [-0.3, -0.25) is 4.90 Å². The molecule has 7 heteroatoms. The van der Waals surface area contributed by atoms with E-state index < -0.39 is 0 Å². The van der Waals surface area contributed by atoms with Crippen molar-refractivity contribution in [3.05, 3.63) is 71.1 Å². The van der Waals surface area contributed by atoms with Crippen molar-refractivity contribution in [3.8, 4) is 11.1 Å². The molecule has 0 atom stereocenters. The second-order valence-electron chi connectivity index (χ2n) is 7.65. The molecule has 1 fully saturated rings. The van der Waals surface area contributed by atoms with Crippen LogP contribution in [0.1, 0.15) is 11.4 Å². The van der Waals surface area contributed by atoms with E-state index >= 15 is 0 Å². The van der Waals surface area contributed by atoms with Crippen molar-refractivity contribution in [1.82, 2.24) is 14.6 Å². The Bertz CT molecular complexity index is 1200. The molecule has 0 spiro atoms. The van der Waals surface area contributed by atoms with Crippen LogP contribution in [0.3, 0.4) is 0 Å². The van der Waals surface area contributed by atoms with Crippen LogP contribution in [0.15, 0.2) is 54.7 Å². The van der Waals surface area contributed by atoms with Gasteiger partial charge >= 0.3 is 0 Å². The molecular weight excluding hydrogens is 396 g/mol. The quantitative estimate of drug-likeness (QED) is 0.506. The molecule has 0 unspecified atom stereocenters. The highest BCUT2D eigenvalue weighted by atomic mass is 35.5. The Morgan fingerprint density at radius 1 is 0.933 bits per heavy atom. The van der Waals surface area contributed by atoms with Gasteiger partial charge < -0.3 is 4.90 Å². The summed E-state index contributed by atoms with van der Waals surface area (Å²) in [7, 11) is 0. The average molecular weight is 420 g/mol. The number of aromatic nitrogens is 4. The molecule has 5 rings (SSSR count). The van der Waals surface area contributed by atoms with Crippen LogP contribution in [0.5, 0.6) is 0 Å². The van der Waals surface area contributed by atoms with Gasteiger partial charge in [0.05, 0.1) is 30.5 Å². The summed E-state index contributed by atoms with van der Waals surface area (Å²) < 4.78 is 1.98. The number of benzene rings is 1. The molecule has 0 saturated carbocycles. The Labute approximate surface area is 180 Å². The molecule has 4 heterocycles. The van der Waals surface area contributed by atoms with Crippen molar-refractivity contribution < 1.29 is 4.98 Å². The molecule has 1 aromatic carbocycles. The summed E-state index contributed by atoms with van der Waals surface area (Å²) in [6.45, 7) is 7.79. The predicted molar refractivity (Wildman–Crippen MR) is 120 cm³/mol. The van der Waals surface area contributed by atoms with Gasteiger partial charge in [0.25, 0.3) is 5.82 Å². The van der Waals surface area contributed by atoms with Gasteiger partial charge in [0.2, 0.25) is 0 Å². The first kappa shape index (κ1) is 18.9. The number of hydrogen-bond donors (Lipinski definition) is 0. The molecule has 0 bridgehead atoms. The molecule has 1 aliphatic rings. The molecule has 0 aliphatic carbocycles. The van der Waals surface area contributed by atoms with E-state index in [0.29, 0.717) is 5.02 Å². The summed E-state index contributed by atoms with van der Waals surface area (Å²) in [5.74, 6) is 2.24. The number of piperazine rings is 1. The van der Waals surface area contributed by atoms with Crippen molar-refractivity contribution in [2.75, 3.05) is 36.0 Å². The van der Waals surface area contributed by atoms with Gasteiger partial charge in [-0.1, -0.05) is 35.9 Å². The molecule has 1 saturated heterocycles. The minimum Gasteiger partial charge on any atom is -0.349 e. The maximum atomic E-state index is 6.51. The first-order valence-electron chi connectivity index (χ1n) is 10.2. The van der Waals surface area contributed by atoms with E-state index in [4.69, 9.17) is 21.7 Å². The first-order chi connectivity index (χ1) is 14.6. The number of aryl methyl sites for hydroxylation is 2. The van der Waals surface area contributed by atoms with Gasteiger partial charge in [0.15, 0.2) is 5.65 Å². The molecular formula is C23H24ClN6+. The highest BCUT2D eigenvalue weighted by Crippen LogP contribution is 2.34. The van der Waals surface area contributed by atoms with E-state index in [1.807, 2.05) is 54.9 Å². The van der Waals surface area contributed by atoms with E-state index in [9.17, 15) is 0 Å². The van der Waals surface area contributed by atoms with E-state index in [-0.39, 0.29) is 0 Å². The number of halogens is 1. The third-order valence-corrected chi connectivity index (χ3v) is 5.98. The number of aromatic amines is 1. The number of fused-ring (bicyclic) bond motifs is 1. The van der Waals surface area contributed by atoms with Gasteiger partial charge in [-0.05, 0) is 26.0 Å². The summed E-state index contributed by atoms with van der Waals surface area (Å²) in [6.07, 6.45) is 1.97. The van der Waals surface area contributed by atoms with E-state index in [1.54, 1.807) is 0 Å². The Morgan fingerprint density at radius 2 is 1.67 bits per heavy atom.